The molecular weight excluding hydrogens is 334 g/mol. The first-order valence-electron chi connectivity index (χ1n) is 6.89. The van der Waals surface area contributed by atoms with Crippen molar-refractivity contribution in [2.24, 2.45) is 0 Å². The van der Waals surface area contributed by atoms with Gasteiger partial charge in [-0.05, 0) is 49.5 Å². The number of rotatable bonds is 3. The maximum atomic E-state index is 5.68. The zero-order valence-electron chi connectivity index (χ0n) is 11.3. The molecule has 1 aliphatic heterocycles. The summed E-state index contributed by atoms with van der Waals surface area (Å²) in [6.07, 6.45) is 4.36. The molecule has 1 aliphatic rings. The lowest BCUT2D eigenvalue weighted by Crippen LogP contribution is -2.32. The van der Waals surface area contributed by atoms with Gasteiger partial charge in [0.25, 0.3) is 0 Å². The zero-order valence-corrected chi connectivity index (χ0v) is 13.7. The second-order valence-electron chi connectivity index (χ2n) is 5.27. The van der Waals surface area contributed by atoms with Crippen molar-refractivity contribution in [3.05, 3.63) is 45.4 Å². The summed E-state index contributed by atoms with van der Waals surface area (Å²) in [5.41, 5.74) is 7.14. The van der Waals surface area contributed by atoms with E-state index in [9.17, 15) is 0 Å². The van der Waals surface area contributed by atoms with Crippen LogP contribution in [-0.4, -0.2) is 23.0 Å². The Kier molecular flexibility index (Phi) is 4.38. The summed E-state index contributed by atoms with van der Waals surface area (Å²) in [6.45, 7) is 3.28. The Morgan fingerprint density at radius 2 is 2.15 bits per heavy atom. The van der Waals surface area contributed by atoms with E-state index in [1.807, 2.05) is 6.20 Å². The molecule has 1 fully saturated rings. The van der Waals surface area contributed by atoms with Crippen molar-refractivity contribution >= 4 is 32.4 Å². The number of likely N-dealkylation sites (tertiary alicyclic amines) is 1. The fourth-order valence-corrected chi connectivity index (χ4v) is 3.94. The highest BCUT2D eigenvalue weighted by molar-refractivity contribution is 9.10. The third-order valence-corrected chi connectivity index (χ3v) is 5.16. The van der Waals surface area contributed by atoms with E-state index in [-0.39, 0.29) is 0 Å². The molecule has 0 saturated carbocycles. The molecule has 0 amide bonds. The first-order chi connectivity index (χ1) is 9.70. The van der Waals surface area contributed by atoms with Gasteiger partial charge in [0.15, 0.2) is 5.13 Å². The van der Waals surface area contributed by atoms with Crippen molar-refractivity contribution < 1.29 is 0 Å². The number of hydrogen-bond donors (Lipinski definition) is 1. The normalized spacial score (nSPS) is 17.4. The lowest BCUT2D eigenvalue weighted by molar-refractivity contribution is 0.206. The van der Waals surface area contributed by atoms with Crippen molar-refractivity contribution in [3.8, 4) is 0 Å². The number of piperidine rings is 1. The topological polar surface area (TPSA) is 42.1 Å². The Morgan fingerprint density at radius 3 is 2.80 bits per heavy atom. The molecule has 3 rings (SSSR count). The minimum atomic E-state index is 0.670. The molecule has 2 aromatic rings. The van der Waals surface area contributed by atoms with Gasteiger partial charge in [-0.25, -0.2) is 4.98 Å². The minimum absolute atomic E-state index is 0.670. The van der Waals surface area contributed by atoms with Crippen LogP contribution in [0.3, 0.4) is 0 Å². The van der Waals surface area contributed by atoms with E-state index >= 15 is 0 Å². The predicted octanol–water partition coefficient (Wildman–Crippen LogP) is 3.87. The standard InChI is InChI=1S/C15H18BrN3S/c16-13-3-1-2-12(8-13)11-4-6-19(7-5-11)10-14-9-18-15(17)20-14/h1-3,8-9,11H,4-7,10H2,(H2,17,18). The van der Waals surface area contributed by atoms with Crippen molar-refractivity contribution in [1.82, 2.24) is 9.88 Å². The zero-order chi connectivity index (χ0) is 13.9. The summed E-state index contributed by atoms with van der Waals surface area (Å²) in [4.78, 5) is 7.89. The molecule has 1 saturated heterocycles. The second-order valence-corrected chi connectivity index (χ2v) is 7.33. The van der Waals surface area contributed by atoms with Crippen molar-refractivity contribution in [3.63, 3.8) is 0 Å². The third-order valence-electron chi connectivity index (χ3n) is 3.86. The molecular formula is C15H18BrN3S. The third kappa shape index (κ3) is 3.40. The first-order valence-corrected chi connectivity index (χ1v) is 8.49. The maximum Gasteiger partial charge on any atom is 0.180 e. The van der Waals surface area contributed by atoms with Gasteiger partial charge in [0.05, 0.1) is 0 Å². The van der Waals surface area contributed by atoms with Gasteiger partial charge in [0, 0.05) is 22.1 Å². The number of halogens is 1. The Morgan fingerprint density at radius 1 is 1.35 bits per heavy atom. The van der Waals surface area contributed by atoms with Gasteiger partial charge in [-0.3, -0.25) is 4.90 Å². The average molecular weight is 352 g/mol. The number of nitrogens with two attached hydrogens (primary N) is 1. The van der Waals surface area contributed by atoms with Crippen LogP contribution < -0.4 is 5.73 Å². The number of nitrogen functional groups attached to an aromatic ring is 1. The molecule has 106 valence electrons. The van der Waals surface area contributed by atoms with E-state index < -0.39 is 0 Å². The molecule has 0 unspecified atom stereocenters. The lowest BCUT2D eigenvalue weighted by atomic mass is 9.89. The summed E-state index contributed by atoms with van der Waals surface area (Å²) < 4.78 is 1.18. The quantitative estimate of drug-likeness (QED) is 0.912. The number of anilines is 1. The molecule has 0 bridgehead atoms. The molecule has 0 spiro atoms. The van der Waals surface area contributed by atoms with Crippen LogP contribution in [0.25, 0.3) is 0 Å². The van der Waals surface area contributed by atoms with Crippen LogP contribution in [0.15, 0.2) is 34.9 Å². The Labute approximate surface area is 131 Å². The Hall–Kier alpha value is -0.910. The minimum Gasteiger partial charge on any atom is -0.375 e. The first kappa shape index (κ1) is 14.0. The average Bonchev–Trinajstić information content (AvgIpc) is 2.85. The number of hydrogen-bond acceptors (Lipinski definition) is 4. The molecule has 20 heavy (non-hydrogen) atoms. The molecule has 0 radical (unpaired) electrons. The lowest BCUT2D eigenvalue weighted by Gasteiger charge is -2.31. The van der Waals surface area contributed by atoms with E-state index in [1.54, 1.807) is 11.3 Å². The molecule has 2 N–H and O–H groups in total. The highest BCUT2D eigenvalue weighted by Crippen LogP contribution is 2.30. The monoisotopic (exact) mass is 351 g/mol. The van der Waals surface area contributed by atoms with E-state index in [4.69, 9.17) is 5.73 Å². The Bertz CT molecular complexity index is 576. The fourth-order valence-electron chi connectivity index (χ4n) is 2.80. The second kappa shape index (κ2) is 6.24. The van der Waals surface area contributed by atoms with E-state index in [0.717, 1.165) is 19.6 Å². The molecule has 2 heterocycles. The highest BCUT2D eigenvalue weighted by atomic mass is 79.9. The van der Waals surface area contributed by atoms with Gasteiger partial charge in [-0.1, -0.05) is 28.1 Å². The van der Waals surface area contributed by atoms with Crippen molar-refractivity contribution in [2.45, 2.75) is 25.3 Å². The van der Waals surface area contributed by atoms with E-state index in [0.29, 0.717) is 11.0 Å². The number of benzene rings is 1. The van der Waals surface area contributed by atoms with Crippen LogP contribution in [0.2, 0.25) is 0 Å². The van der Waals surface area contributed by atoms with Crippen LogP contribution in [0.5, 0.6) is 0 Å². The van der Waals surface area contributed by atoms with Crippen molar-refractivity contribution in [2.75, 3.05) is 18.8 Å². The summed E-state index contributed by atoms with van der Waals surface area (Å²) in [7, 11) is 0. The van der Waals surface area contributed by atoms with Gasteiger partial charge >= 0.3 is 0 Å². The van der Waals surface area contributed by atoms with Gasteiger partial charge in [-0.15, -0.1) is 11.3 Å². The van der Waals surface area contributed by atoms with Crippen LogP contribution in [0, 0.1) is 0 Å². The van der Waals surface area contributed by atoms with E-state index in [1.165, 1.54) is 27.8 Å². The predicted molar refractivity (Wildman–Crippen MR) is 87.9 cm³/mol. The smallest absolute Gasteiger partial charge is 0.180 e. The molecule has 1 aromatic carbocycles. The van der Waals surface area contributed by atoms with Gasteiger partial charge in [0.1, 0.15) is 0 Å². The largest absolute Gasteiger partial charge is 0.375 e. The van der Waals surface area contributed by atoms with E-state index in [2.05, 4.69) is 50.1 Å². The summed E-state index contributed by atoms with van der Waals surface area (Å²) in [5, 5.41) is 0.670. The van der Waals surface area contributed by atoms with Crippen LogP contribution in [-0.2, 0) is 6.54 Å². The van der Waals surface area contributed by atoms with Gasteiger partial charge < -0.3 is 5.73 Å². The fraction of sp³-hybridized carbons (Fsp3) is 0.400. The molecule has 1 aromatic heterocycles. The highest BCUT2D eigenvalue weighted by Gasteiger charge is 2.21. The Balaban J connectivity index is 1.57. The van der Waals surface area contributed by atoms with Gasteiger partial charge in [-0.2, -0.15) is 0 Å². The molecule has 0 atom stereocenters. The maximum absolute atomic E-state index is 5.68. The molecule has 3 nitrogen and oxygen atoms in total. The summed E-state index contributed by atoms with van der Waals surface area (Å²) in [5.74, 6) is 0.690. The van der Waals surface area contributed by atoms with Crippen LogP contribution in [0.4, 0.5) is 5.13 Å². The molecule has 0 aliphatic carbocycles. The number of thiazole rings is 1. The molecule has 5 heteroatoms. The van der Waals surface area contributed by atoms with Crippen LogP contribution >= 0.6 is 27.3 Å². The van der Waals surface area contributed by atoms with Crippen LogP contribution in [0.1, 0.15) is 29.2 Å². The number of aromatic nitrogens is 1. The summed E-state index contributed by atoms with van der Waals surface area (Å²) in [6, 6.07) is 8.72. The summed E-state index contributed by atoms with van der Waals surface area (Å²) >= 11 is 5.16. The number of nitrogens with zero attached hydrogens (tertiary/aromatic N) is 2. The van der Waals surface area contributed by atoms with Crippen molar-refractivity contribution in [1.29, 1.82) is 0 Å². The SMILES string of the molecule is Nc1ncc(CN2CCC(c3cccc(Br)c3)CC2)s1. The van der Waals surface area contributed by atoms with Gasteiger partial charge in [0.2, 0.25) is 0 Å².